The zero-order chi connectivity index (χ0) is 13.0. The fourth-order valence-corrected chi connectivity index (χ4v) is 2.93. The van der Waals surface area contributed by atoms with Crippen LogP contribution in [0.2, 0.25) is 0 Å². The highest BCUT2D eigenvalue weighted by Gasteiger charge is 2.06. The van der Waals surface area contributed by atoms with Crippen LogP contribution in [0.4, 0.5) is 0 Å². The van der Waals surface area contributed by atoms with E-state index >= 15 is 0 Å². The molecule has 18 heavy (non-hydrogen) atoms. The van der Waals surface area contributed by atoms with Gasteiger partial charge in [-0.05, 0) is 38.5 Å². The Bertz CT molecular complexity index is 507. The van der Waals surface area contributed by atoms with Gasteiger partial charge < -0.3 is 10.4 Å². The molecular formula is C15H19NOS. The molecule has 0 saturated heterocycles. The first-order valence-electron chi connectivity index (χ1n) is 6.20. The molecule has 2 nitrogen and oxygen atoms in total. The van der Waals surface area contributed by atoms with E-state index in [4.69, 9.17) is 0 Å². The zero-order valence-corrected chi connectivity index (χ0v) is 11.6. The van der Waals surface area contributed by atoms with Crippen molar-refractivity contribution in [2.24, 2.45) is 0 Å². The van der Waals surface area contributed by atoms with Gasteiger partial charge in [-0.25, -0.2) is 0 Å². The Morgan fingerprint density at radius 3 is 2.67 bits per heavy atom. The molecule has 2 rings (SSSR count). The fourth-order valence-electron chi connectivity index (χ4n) is 1.91. The molecule has 0 fully saturated rings. The first-order valence-corrected chi connectivity index (χ1v) is 7.02. The Labute approximate surface area is 112 Å². The molecule has 2 N–H and O–H groups in total. The Balaban J connectivity index is 1.85. The molecule has 0 amide bonds. The Morgan fingerprint density at radius 1 is 1.22 bits per heavy atom. The van der Waals surface area contributed by atoms with Gasteiger partial charge in [-0.3, -0.25) is 0 Å². The van der Waals surface area contributed by atoms with Gasteiger partial charge in [-0.1, -0.05) is 18.2 Å². The van der Waals surface area contributed by atoms with Crippen molar-refractivity contribution in [3.05, 3.63) is 51.7 Å². The Morgan fingerprint density at radius 2 is 2.00 bits per heavy atom. The van der Waals surface area contributed by atoms with Crippen molar-refractivity contribution in [2.75, 3.05) is 0 Å². The summed E-state index contributed by atoms with van der Waals surface area (Å²) in [5.41, 5.74) is 0.951. The van der Waals surface area contributed by atoms with E-state index in [1.807, 2.05) is 29.5 Å². The van der Waals surface area contributed by atoms with Gasteiger partial charge >= 0.3 is 0 Å². The van der Waals surface area contributed by atoms with E-state index in [9.17, 15) is 5.11 Å². The quantitative estimate of drug-likeness (QED) is 0.863. The molecule has 1 aromatic heterocycles. The lowest BCUT2D eigenvalue weighted by Gasteiger charge is -2.13. The molecule has 3 heteroatoms. The number of phenolic OH excluding ortho intramolecular Hbond substituents is 1. The van der Waals surface area contributed by atoms with Crippen molar-refractivity contribution < 1.29 is 5.11 Å². The number of rotatable bonds is 5. The number of para-hydroxylation sites is 1. The van der Waals surface area contributed by atoms with E-state index in [1.165, 1.54) is 9.75 Å². The molecule has 1 aromatic carbocycles. The fraction of sp³-hybridized carbons (Fsp3) is 0.333. The summed E-state index contributed by atoms with van der Waals surface area (Å²) in [5.74, 6) is 0.365. The average molecular weight is 261 g/mol. The highest BCUT2D eigenvalue weighted by Crippen LogP contribution is 2.18. The second-order valence-electron chi connectivity index (χ2n) is 4.63. The zero-order valence-electron chi connectivity index (χ0n) is 10.8. The molecule has 0 aliphatic carbocycles. The van der Waals surface area contributed by atoms with Gasteiger partial charge in [-0.2, -0.15) is 0 Å². The number of nitrogens with one attached hydrogen (secondary N) is 1. The van der Waals surface area contributed by atoms with Gasteiger partial charge in [0.25, 0.3) is 0 Å². The van der Waals surface area contributed by atoms with E-state index in [0.29, 0.717) is 18.3 Å². The molecule has 1 heterocycles. The number of phenols is 1. The van der Waals surface area contributed by atoms with Crippen molar-refractivity contribution >= 4 is 11.3 Å². The van der Waals surface area contributed by atoms with Crippen LogP contribution in [0.15, 0.2) is 36.4 Å². The molecule has 0 saturated carbocycles. The van der Waals surface area contributed by atoms with Crippen molar-refractivity contribution in [3.8, 4) is 5.75 Å². The molecule has 0 aliphatic rings. The molecule has 0 aliphatic heterocycles. The van der Waals surface area contributed by atoms with Crippen molar-refractivity contribution in [1.82, 2.24) is 5.32 Å². The minimum Gasteiger partial charge on any atom is -0.508 e. The van der Waals surface area contributed by atoms with Crippen LogP contribution >= 0.6 is 11.3 Å². The molecule has 0 radical (unpaired) electrons. The smallest absolute Gasteiger partial charge is 0.120 e. The van der Waals surface area contributed by atoms with Gasteiger partial charge in [-0.15, -0.1) is 11.3 Å². The summed E-state index contributed by atoms with van der Waals surface area (Å²) >= 11 is 1.85. The second kappa shape index (κ2) is 6.03. The molecule has 2 aromatic rings. The first kappa shape index (κ1) is 13.1. The molecular weight excluding hydrogens is 242 g/mol. The minimum atomic E-state index is 0.365. The summed E-state index contributed by atoms with van der Waals surface area (Å²) in [6.07, 6.45) is 1.03. The lowest BCUT2D eigenvalue weighted by Crippen LogP contribution is -2.27. The predicted octanol–water partition coefficient (Wildman–Crippen LogP) is 3.48. The summed E-state index contributed by atoms with van der Waals surface area (Å²) in [5, 5.41) is 13.1. The topological polar surface area (TPSA) is 32.3 Å². The highest BCUT2D eigenvalue weighted by atomic mass is 32.1. The van der Waals surface area contributed by atoms with Crippen LogP contribution in [-0.2, 0) is 13.0 Å². The van der Waals surface area contributed by atoms with Crippen molar-refractivity contribution in [2.45, 2.75) is 32.9 Å². The summed E-state index contributed by atoms with van der Waals surface area (Å²) in [6, 6.07) is 12.2. The molecule has 0 bridgehead atoms. The molecule has 1 atom stereocenters. The molecule has 0 spiro atoms. The van der Waals surface area contributed by atoms with Crippen LogP contribution in [0, 0.1) is 6.92 Å². The summed E-state index contributed by atoms with van der Waals surface area (Å²) < 4.78 is 0. The number of benzene rings is 1. The maximum absolute atomic E-state index is 9.68. The average Bonchev–Trinajstić information content (AvgIpc) is 2.74. The molecule has 1 unspecified atom stereocenters. The number of aryl methyl sites for hydroxylation is 1. The van der Waals surface area contributed by atoms with Crippen LogP contribution in [0.1, 0.15) is 22.2 Å². The number of thiophene rings is 1. The van der Waals surface area contributed by atoms with E-state index in [0.717, 1.165) is 12.0 Å². The van der Waals surface area contributed by atoms with Crippen molar-refractivity contribution in [1.29, 1.82) is 0 Å². The van der Waals surface area contributed by atoms with E-state index in [1.54, 1.807) is 6.07 Å². The second-order valence-corrected chi connectivity index (χ2v) is 6.00. The maximum atomic E-state index is 9.68. The third kappa shape index (κ3) is 3.59. The highest BCUT2D eigenvalue weighted by molar-refractivity contribution is 7.11. The summed E-state index contributed by atoms with van der Waals surface area (Å²) in [7, 11) is 0. The maximum Gasteiger partial charge on any atom is 0.120 e. The largest absolute Gasteiger partial charge is 0.508 e. The van der Waals surface area contributed by atoms with E-state index in [-0.39, 0.29) is 0 Å². The van der Waals surface area contributed by atoms with Gasteiger partial charge in [0, 0.05) is 27.9 Å². The summed E-state index contributed by atoms with van der Waals surface area (Å²) in [6.45, 7) is 5.02. The number of aromatic hydroxyl groups is 1. The molecule has 96 valence electrons. The van der Waals surface area contributed by atoms with Gasteiger partial charge in [0.2, 0.25) is 0 Å². The number of hydrogen-bond donors (Lipinski definition) is 2. The Kier molecular flexibility index (Phi) is 4.39. The predicted molar refractivity (Wildman–Crippen MR) is 77.2 cm³/mol. The van der Waals surface area contributed by atoms with Crippen molar-refractivity contribution in [3.63, 3.8) is 0 Å². The van der Waals surface area contributed by atoms with Crippen LogP contribution in [0.5, 0.6) is 5.75 Å². The van der Waals surface area contributed by atoms with Crippen LogP contribution in [0.3, 0.4) is 0 Å². The van der Waals surface area contributed by atoms with E-state index in [2.05, 4.69) is 31.3 Å². The lowest BCUT2D eigenvalue weighted by molar-refractivity contribution is 0.459. The standard InChI is InChI=1S/C15H19NOS/c1-11(9-14-8-7-12(2)18-14)16-10-13-5-3-4-6-15(13)17/h3-8,11,16-17H,9-10H2,1-2H3. The normalized spacial score (nSPS) is 12.6. The number of hydrogen-bond acceptors (Lipinski definition) is 3. The lowest BCUT2D eigenvalue weighted by atomic mass is 10.1. The van der Waals surface area contributed by atoms with Gasteiger partial charge in [0.1, 0.15) is 5.75 Å². The van der Waals surface area contributed by atoms with E-state index < -0.39 is 0 Å². The van der Waals surface area contributed by atoms with Gasteiger partial charge in [0.05, 0.1) is 0 Å². The third-order valence-corrected chi connectivity index (χ3v) is 3.96. The third-order valence-electron chi connectivity index (χ3n) is 2.94. The first-order chi connectivity index (χ1) is 8.65. The Hall–Kier alpha value is -1.32. The van der Waals surface area contributed by atoms with Crippen LogP contribution < -0.4 is 5.32 Å². The monoisotopic (exact) mass is 261 g/mol. The summed E-state index contributed by atoms with van der Waals surface area (Å²) in [4.78, 5) is 2.77. The SMILES string of the molecule is Cc1ccc(CC(C)NCc2ccccc2O)s1. The minimum absolute atomic E-state index is 0.365. The van der Waals surface area contributed by atoms with Crippen LogP contribution in [-0.4, -0.2) is 11.1 Å². The van der Waals surface area contributed by atoms with Crippen LogP contribution in [0.25, 0.3) is 0 Å². The van der Waals surface area contributed by atoms with Gasteiger partial charge in [0.15, 0.2) is 0 Å².